The van der Waals surface area contributed by atoms with Crippen molar-refractivity contribution in [2.45, 2.75) is 5.92 Å². The second kappa shape index (κ2) is 6.25. The third kappa shape index (κ3) is 2.87. The van der Waals surface area contributed by atoms with Crippen molar-refractivity contribution in [3.63, 3.8) is 0 Å². The molecular formula is C21H22N2O. The van der Waals surface area contributed by atoms with Gasteiger partial charge in [0.2, 0.25) is 0 Å². The van der Waals surface area contributed by atoms with Crippen molar-refractivity contribution in [3.8, 4) is 0 Å². The molecule has 2 atom stereocenters. The van der Waals surface area contributed by atoms with Gasteiger partial charge in [-0.15, -0.1) is 0 Å². The molecule has 4 rings (SSSR count). The number of nitrogens with zero attached hydrogens (tertiary/aromatic N) is 1. The van der Waals surface area contributed by atoms with Crippen LogP contribution in [0.1, 0.15) is 33.0 Å². The summed E-state index contributed by atoms with van der Waals surface area (Å²) in [5, 5.41) is 3.10. The van der Waals surface area contributed by atoms with Crippen LogP contribution in [0.4, 0.5) is 0 Å². The molecule has 2 aliphatic heterocycles. The number of likely N-dealkylation sites (N-methyl/N-ethyl adjacent to an activating group) is 1. The molecule has 1 saturated heterocycles. The minimum Gasteiger partial charge on any atom is -0.352 e. The molecule has 3 nitrogen and oxygen atoms in total. The van der Waals surface area contributed by atoms with Gasteiger partial charge in [0.15, 0.2) is 0 Å². The summed E-state index contributed by atoms with van der Waals surface area (Å²) in [6.07, 6.45) is 4.16. The number of carbonyl (C=O) groups excluding carboxylic acids is 1. The highest BCUT2D eigenvalue weighted by atomic mass is 16.1. The maximum absolute atomic E-state index is 12.5. The topological polar surface area (TPSA) is 32.3 Å². The number of amides is 1. The second-order valence-corrected chi connectivity index (χ2v) is 6.89. The predicted octanol–water partition coefficient (Wildman–Crippen LogP) is 3.25. The van der Waals surface area contributed by atoms with Gasteiger partial charge in [0.05, 0.1) is 0 Å². The van der Waals surface area contributed by atoms with Gasteiger partial charge in [-0.05, 0) is 35.7 Å². The monoisotopic (exact) mass is 318 g/mol. The summed E-state index contributed by atoms with van der Waals surface area (Å²) in [7, 11) is 2.16. The van der Waals surface area contributed by atoms with Crippen LogP contribution >= 0.6 is 0 Å². The molecule has 0 unspecified atom stereocenters. The van der Waals surface area contributed by atoms with Gasteiger partial charge in [0, 0.05) is 31.1 Å². The van der Waals surface area contributed by atoms with Gasteiger partial charge in [-0.2, -0.15) is 0 Å². The van der Waals surface area contributed by atoms with Crippen LogP contribution in [-0.4, -0.2) is 37.5 Å². The van der Waals surface area contributed by atoms with Gasteiger partial charge in [0.1, 0.15) is 0 Å². The fourth-order valence-corrected chi connectivity index (χ4v) is 3.92. The lowest BCUT2D eigenvalue weighted by Gasteiger charge is -2.16. The Bertz CT molecular complexity index is 782. The summed E-state index contributed by atoms with van der Waals surface area (Å²) in [6.45, 7) is 2.86. The molecule has 0 aromatic heterocycles. The molecule has 0 saturated carbocycles. The Balaban J connectivity index is 1.67. The van der Waals surface area contributed by atoms with Crippen LogP contribution in [0, 0.1) is 5.92 Å². The molecule has 0 spiro atoms. The molecule has 1 amide bonds. The Kier molecular flexibility index (Phi) is 3.95. The Morgan fingerprint density at radius 1 is 1.04 bits per heavy atom. The van der Waals surface area contributed by atoms with Gasteiger partial charge in [0.25, 0.3) is 5.91 Å². The number of fused-ring (bicyclic) bond motifs is 3. The van der Waals surface area contributed by atoms with E-state index in [-0.39, 0.29) is 5.91 Å². The van der Waals surface area contributed by atoms with E-state index in [2.05, 4.69) is 53.7 Å². The van der Waals surface area contributed by atoms with Crippen molar-refractivity contribution >= 4 is 18.1 Å². The maximum Gasteiger partial charge on any atom is 0.251 e. The number of rotatable bonds is 2. The van der Waals surface area contributed by atoms with Crippen LogP contribution in [-0.2, 0) is 0 Å². The fraction of sp³-hybridized carbons (Fsp3) is 0.286. The highest BCUT2D eigenvalue weighted by Gasteiger charge is 2.36. The third-order valence-electron chi connectivity index (χ3n) is 5.14. The zero-order chi connectivity index (χ0) is 16.5. The van der Waals surface area contributed by atoms with Crippen LogP contribution in [0.3, 0.4) is 0 Å². The second-order valence-electron chi connectivity index (χ2n) is 6.89. The molecule has 24 heavy (non-hydrogen) atoms. The number of hydrogen-bond acceptors (Lipinski definition) is 2. The van der Waals surface area contributed by atoms with Crippen LogP contribution in [0.2, 0.25) is 0 Å². The van der Waals surface area contributed by atoms with Crippen molar-refractivity contribution < 1.29 is 4.79 Å². The number of likely N-dealkylation sites (tertiary alicyclic amines) is 1. The van der Waals surface area contributed by atoms with Crippen molar-refractivity contribution in [1.29, 1.82) is 0 Å². The van der Waals surface area contributed by atoms with E-state index in [0.29, 0.717) is 11.8 Å². The van der Waals surface area contributed by atoms with Gasteiger partial charge in [-0.1, -0.05) is 54.6 Å². The third-order valence-corrected chi connectivity index (χ3v) is 5.14. The Labute approximate surface area is 143 Å². The summed E-state index contributed by atoms with van der Waals surface area (Å²) < 4.78 is 0. The van der Waals surface area contributed by atoms with Gasteiger partial charge < -0.3 is 10.2 Å². The van der Waals surface area contributed by atoms with E-state index in [1.165, 1.54) is 5.56 Å². The van der Waals surface area contributed by atoms with Crippen LogP contribution in [0.15, 0.2) is 48.5 Å². The quantitative estimate of drug-likeness (QED) is 0.862. The standard InChI is InChI=1S/C21H22N2O/c1-23-13-17-12-22-21(24)19-11-16(9-10-18(19)20(17)14-23)8-7-15-5-3-2-4-6-15/h2-11,17,20H,12-14H2,1H3,(H,22,24)/b8-7+/t17-,20-/m0/s1. The van der Waals surface area contributed by atoms with E-state index in [1.807, 2.05) is 24.3 Å². The van der Waals surface area contributed by atoms with Crippen molar-refractivity contribution in [2.75, 3.05) is 26.7 Å². The minimum absolute atomic E-state index is 0.0667. The average molecular weight is 318 g/mol. The number of benzene rings is 2. The summed E-state index contributed by atoms with van der Waals surface area (Å²) in [4.78, 5) is 14.9. The van der Waals surface area contributed by atoms with E-state index in [4.69, 9.17) is 0 Å². The summed E-state index contributed by atoms with van der Waals surface area (Å²) >= 11 is 0. The van der Waals surface area contributed by atoms with Crippen LogP contribution in [0.25, 0.3) is 12.2 Å². The highest BCUT2D eigenvalue weighted by Crippen LogP contribution is 2.35. The Hall–Kier alpha value is -2.39. The lowest BCUT2D eigenvalue weighted by atomic mass is 9.86. The molecule has 0 aliphatic carbocycles. The first-order valence-electron chi connectivity index (χ1n) is 8.54. The Morgan fingerprint density at radius 2 is 1.83 bits per heavy atom. The maximum atomic E-state index is 12.5. The van der Waals surface area contributed by atoms with Crippen molar-refractivity contribution in [1.82, 2.24) is 10.2 Å². The summed E-state index contributed by atoms with van der Waals surface area (Å²) in [6, 6.07) is 16.5. The number of carbonyl (C=O) groups is 1. The van der Waals surface area contributed by atoms with Crippen LogP contribution in [0.5, 0.6) is 0 Å². The van der Waals surface area contributed by atoms with Crippen LogP contribution < -0.4 is 5.32 Å². The lowest BCUT2D eigenvalue weighted by Crippen LogP contribution is -2.29. The molecule has 1 fully saturated rings. The summed E-state index contributed by atoms with van der Waals surface area (Å²) in [5.41, 5.74) is 4.27. The first-order valence-corrected chi connectivity index (χ1v) is 8.54. The fourth-order valence-electron chi connectivity index (χ4n) is 3.92. The SMILES string of the molecule is CN1C[C@@H]2CNC(=O)c3cc(/C=C/c4ccccc4)ccc3[C@H]2C1. The van der Waals surface area contributed by atoms with Crippen molar-refractivity contribution in [2.24, 2.45) is 5.92 Å². The zero-order valence-electron chi connectivity index (χ0n) is 13.9. The van der Waals surface area contributed by atoms with Gasteiger partial charge >= 0.3 is 0 Å². The Morgan fingerprint density at radius 3 is 2.67 bits per heavy atom. The van der Waals surface area contributed by atoms with Gasteiger partial charge in [-0.3, -0.25) is 4.79 Å². The largest absolute Gasteiger partial charge is 0.352 e. The molecule has 2 aromatic carbocycles. The average Bonchev–Trinajstić information content (AvgIpc) is 2.93. The van der Waals surface area contributed by atoms with E-state index >= 15 is 0 Å². The van der Waals surface area contributed by atoms with E-state index in [0.717, 1.165) is 36.3 Å². The molecule has 3 heteroatoms. The number of nitrogens with one attached hydrogen (secondary N) is 1. The smallest absolute Gasteiger partial charge is 0.251 e. The molecular weight excluding hydrogens is 296 g/mol. The highest BCUT2D eigenvalue weighted by molar-refractivity contribution is 5.97. The molecule has 2 aromatic rings. The first-order chi connectivity index (χ1) is 11.7. The predicted molar refractivity (Wildman–Crippen MR) is 97.9 cm³/mol. The lowest BCUT2D eigenvalue weighted by molar-refractivity contribution is 0.0951. The minimum atomic E-state index is 0.0667. The molecule has 0 bridgehead atoms. The van der Waals surface area contributed by atoms with E-state index in [1.54, 1.807) is 0 Å². The van der Waals surface area contributed by atoms with Gasteiger partial charge in [-0.25, -0.2) is 0 Å². The first kappa shape index (κ1) is 15.2. The zero-order valence-corrected chi connectivity index (χ0v) is 13.9. The molecule has 0 radical (unpaired) electrons. The summed E-state index contributed by atoms with van der Waals surface area (Å²) in [5.74, 6) is 1.04. The number of hydrogen-bond donors (Lipinski definition) is 1. The van der Waals surface area contributed by atoms with Crippen molar-refractivity contribution in [3.05, 3.63) is 70.8 Å². The molecule has 2 heterocycles. The molecule has 2 aliphatic rings. The molecule has 122 valence electrons. The molecule has 1 N–H and O–H groups in total. The van der Waals surface area contributed by atoms with E-state index < -0.39 is 0 Å². The normalized spacial score (nSPS) is 23.6. The van der Waals surface area contributed by atoms with E-state index in [9.17, 15) is 4.79 Å².